The number of rotatable bonds is 6. The van der Waals surface area contributed by atoms with Crippen molar-refractivity contribution in [2.24, 2.45) is 11.5 Å². The van der Waals surface area contributed by atoms with E-state index in [1.165, 1.54) is 0 Å². The highest BCUT2D eigenvalue weighted by Crippen LogP contribution is 1.95. The van der Waals surface area contributed by atoms with E-state index in [2.05, 4.69) is 5.32 Å². The van der Waals surface area contributed by atoms with Crippen molar-refractivity contribution in [2.75, 3.05) is 13.2 Å². The summed E-state index contributed by atoms with van der Waals surface area (Å²) in [6, 6.07) is -1.20. The second-order valence-corrected chi connectivity index (χ2v) is 2.79. The predicted molar refractivity (Wildman–Crippen MR) is 51.4 cm³/mol. The van der Waals surface area contributed by atoms with Gasteiger partial charge in [-0.25, -0.2) is 4.79 Å². The fraction of sp³-hybridized carbons (Fsp3) is 0.750. The van der Waals surface area contributed by atoms with Gasteiger partial charge < -0.3 is 21.5 Å². The molecule has 2 amide bonds. The number of carbonyl (C=O) groups excluding carboxylic acids is 2. The highest BCUT2D eigenvalue weighted by molar-refractivity contribution is 5.75. The second kappa shape index (κ2) is 7.14. The van der Waals surface area contributed by atoms with Crippen LogP contribution in [0.2, 0.25) is 0 Å². The number of esters is 1. The lowest BCUT2D eigenvalue weighted by atomic mass is 10.2. The van der Waals surface area contributed by atoms with Crippen LogP contribution in [0.1, 0.15) is 19.8 Å². The van der Waals surface area contributed by atoms with Crippen molar-refractivity contribution in [1.29, 1.82) is 0 Å². The number of amides is 2. The molecule has 6 heteroatoms. The molecule has 0 heterocycles. The van der Waals surface area contributed by atoms with Crippen LogP contribution in [0, 0.1) is 0 Å². The molecule has 0 spiro atoms. The molecule has 0 aliphatic carbocycles. The van der Waals surface area contributed by atoms with Crippen LogP contribution in [0.25, 0.3) is 0 Å². The Morgan fingerprint density at radius 2 is 2.14 bits per heavy atom. The van der Waals surface area contributed by atoms with Crippen LogP contribution in [0.3, 0.4) is 0 Å². The van der Waals surface area contributed by atoms with Crippen LogP contribution in [0.4, 0.5) is 4.79 Å². The maximum Gasteiger partial charge on any atom is 0.322 e. The minimum atomic E-state index is -0.621. The van der Waals surface area contributed by atoms with E-state index in [1.807, 2.05) is 0 Å². The van der Waals surface area contributed by atoms with Crippen LogP contribution < -0.4 is 16.8 Å². The molecule has 1 unspecified atom stereocenters. The van der Waals surface area contributed by atoms with Gasteiger partial charge in [-0.15, -0.1) is 0 Å². The molecule has 0 radical (unpaired) electrons. The van der Waals surface area contributed by atoms with E-state index in [1.54, 1.807) is 6.92 Å². The summed E-state index contributed by atoms with van der Waals surface area (Å²) in [7, 11) is 0. The SMILES string of the molecule is CCOC(=O)C(N)CCCNC(N)=O. The second-order valence-electron chi connectivity index (χ2n) is 2.79. The van der Waals surface area contributed by atoms with Gasteiger partial charge >= 0.3 is 12.0 Å². The lowest BCUT2D eigenvalue weighted by Crippen LogP contribution is -2.34. The number of ether oxygens (including phenoxy) is 1. The standard InChI is InChI=1S/C8H17N3O3/c1-2-14-7(12)6(9)4-3-5-11-8(10)13/h6H,2-5,9H2,1H3,(H3,10,11,13). The normalized spacial score (nSPS) is 11.9. The van der Waals surface area contributed by atoms with Crippen molar-refractivity contribution in [1.82, 2.24) is 5.32 Å². The third-order valence-electron chi connectivity index (χ3n) is 1.58. The summed E-state index contributed by atoms with van der Waals surface area (Å²) >= 11 is 0. The molecule has 0 saturated carbocycles. The van der Waals surface area contributed by atoms with Gasteiger partial charge in [0.15, 0.2) is 0 Å². The van der Waals surface area contributed by atoms with Crippen molar-refractivity contribution in [3.63, 3.8) is 0 Å². The number of hydrogen-bond donors (Lipinski definition) is 3. The van der Waals surface area contributed by atoms with Crippen molar-refractivity contribution < 1.29 is 14.3 Å². The van der Waals surface area contributed by atoms with Crippen LogP contribution in [0.15, 0.2) is 0 Å². The van der Waals surface area contributed by atoms with Gasteiger partial charge in [0.05, 0.1) is 6.61 Å². The van der Waals surface area contributed by atoms with E-state index >= 15 is 0 Å². The van der Waals surface area contributed by atoms with E-state index in [0.717, 1.165) is 0 Å². The van der Waals surface area contributed by atoms with Crippen LogP contribution >= 0.6 is 0 Å². The summed E-state index contributed by atoms with van der Waals surface area (Å²) in [5, 5.41) is 2.40. The molecule has 1 atom stereocenters. The summed E-state index contributed by atoms with van der Waals surface area (Å²) < 4.78 is 4.71. The minimum absolute atomic E-state index is 0.325. The molecule has 0 aromatic rings. The van der Waals surface area contributed by atoms with Crippen LogP contribution in [0.5, 0.6) is 0 Å². The van der Waals surface area contributed by atoms with Gasteiger partial charge in [-0.3, -0.25) is 4.79 Å². The molecular formula is C8H17N3O3. The number of nitrogens with two attached hydrogens (primary N) is 2. The average molecular weight is 203 g/mol. The topological polar surface area (TPSA) is 107 Å². The fourth-order valence-corrected chi connectivity index (χ4v) is 0.901. The van der Waals surface area contributed by atoms with Gasteiger partial charge in [0.2, 0.25) is 0 Å². The zero-order valence-electron chi connectivity index (χ0n) is 8.29. The Hall–Kier alpha value is -1.30. The van der Waals surface area contributed by atoms with Crippen molar-refractivity contribution in [3.8, 4) is 0 Å². The summed E-state index contributed by atoms with van der Waals surface area (Å²) in [4.78, 5) is 21.3. The zero-order chi connectivity index (χ0) is 11.0. The maximum absolute atomic E-state index is 11.0. The lowest BCUT2D eigenvalue weighted by Gasteiger charge is -2.09. The van der Waals surface area contributed by atoms with Crippen molar-refractivity contribution >= 4 is 12.0 Å². The maximum atomic E-state index is 11.0. The first-order valence-electron chi connectivity index (χ1n) is 4.53. The molecule has 0 bridgehead atoms. The van der Waals surface area contributed by atoms with Crippen LogP contribution in [-0.2, 0) is 9.53 Å². The first-order chi connectivity index (χ1) is 6.57. The van der Waals surface area contributed by atoms with E-state index in [4.69, 9.17) is 16.2 Å². The number of urea groups is 1. The molecule has 6 nitrogen and oxygen atoms in total. The fourth-order valence-electron chi connectivity index (χ4n) is 0.901. The molecule has 0 fully saturated rings. The molecule has 5 N–H and O–H groups in total. The number of carbonyl (C=O) groups is 2. The zero-order valence-corrected chi connectivity index (χ0v) is 8.29. The largest absolute Gasteiger partial charge is 0.465 e. The molecule has 0 saturated heterocycles. The number of primary amides is 1. The minimum Gasteiger partial charge on any atom is -0.465 e. The van der Waals surface area contributed by atoms with E-state index in [9.17, 15) is 9.59 Å². The quantitative estimate of drug-likeness (QED) is 0.393. The average Bonchev–Trinajstić information content (AvgIpc) is 2.12. The molecular weight excluding hydrogens is 186 g/mol. The predicted octanol–water partition coefficient (Wildman–Crippen LogP) is -0.675. The van der Waals surface area contributed by atoms with E-state index in [-0.39, 0.29) is 0 Å². The Morgan fingerprint density at radius 1 is 1.50 bits per heavy atom. The van der Waals surface area contributed by atoms with E-state index < -0.39 is 18.0 Å². The van der Waals surface area contributed by atoms with Gasteiger partial charge in [0.25, 0.3) is 0 Å². The Labute approximate surface area is 83.0 Å². The highest BCUT2D eigenvalue weighted by atomic mass is 16.5. The Bertz CT molecular complexity index is 196. The van der Waals surface area contributed by atoms with Crippen LogP contribution in [-0.4, -0.2) is 31.2 Å². The third kappa shape index (κ3) is 6.24. The van der Waals surface area contributed by atoms with Crippen molar-refractivity contribution in [3.05, 3.63) is 0 Å². The summed E-state index contributed by atoms with van der Waals surface area (Å²) in [5.74, 6) is -0.411. The molecule has 14 heavy (non-hydrogen) atoms. The van der Waals surface area contributed by atoms with Gasteiger partial charge in [-0.1, -0.05) is 0 Å². The third-order valence-corrected chi connectivity index (χ3v) is 1.58. The Morgan fingerprint density at radius 3 is 2.64 bits per heavy atom. The van der Waals surface area contributed by atoms with Gasteiger partial charge in [-0.2, -0.15) is 0 Å². The molecule has 82 valence electrons. The van der Waals surface area contributed by atoms with Gasteiger partial charge in [0.1, 0.15) is 6.04 Å². The van der Waals surface area contributed by atoms with E-state index in [0.29, 0.717) is 26.0 Å². The summed E-state index contributed by atoms with van der Waals surface area (Å²) in [6.07, 6.45) is 1.07. The monoisotopic (exact) mass is 203 g/mol. The smallest absolute Gasteiger partial charge is 0.322 e. The molecule has 0 aliphatic rings. The lowest BCUT2D eigenvalue weighted by molar-refractivity contribution is -0.144. The molecule has 0 aliphatic heterocycles. The highest BCUT2D eigenvalue weighted by Gasteiger charge is 2.13. The Balaban J connectivity index is 3.48. The first-order valence-corrected chi connectivity index (χ1v) is 4.53. The number of hydrogen-bond acceptors (Lipinski definition) is 4. The van der Waals surface area contributed by atoms with Gasteiger partial charge in [-0.05, 0) is 19.8 Å². The van der Waals surface area contributed by atoms with Gasteiger partial charge in [0, 0.05) is 6.54 Å². The summed E-state index contributed by atoms with van der Waals surface area (Å²) in [5.41, 5.74) is 10.3. The Kier molecular flexibility index (Phi) is 6.47. The van der Waals surface area contributed by atoms with Crippen molar-refractivity contribution in [2.45, 2.75) is 25.8 Å². The summed E-state index contributed by atoms with van der Waals surface area (Å²) in [6.45, 7) is 2.47. The molecule has 0 aromatic carbocycles. The number of nitrogens with one attached hydrogen (secondary N) is 1. The molecule has 0 rings (SSSR count). The molecule has 0 aromatic heterocycles. The first kappa shape index (κ1) is 12.7.